The van der Waals surface area contributed by atoms with Crippen LogP contribution in [-0.4, -0.2) is 25.6 Å². The number of rotatable bonds is 9. The normalized spacial score (nSPS) is 10.6. The number of anilines is 1. The smallest absolute Gasteiger partial charge is 0.341 e. The zero-order valence-electron chi connectivity index (χ0n) is 18.4. The molecule has 2 aromatic carbocycles. The second-order valence-electron chi connectivity index (χ2n) is 7.24. The SMILES string of the molecule is CCc1ccc(OCCCC(=O)Nc2sc(C)c(-c3cccc(Cl)c3)c2C(=O)OC)cc1. The zero-order chi connectivity index (χ0) is 23.1. The standard InChI is InChI=1S/C25H26ClNO4S/c1-4-17-10-12-20(13-11-17)31-14-6-9-21(28)27-24-23(25(29)30-3)22(16(2)32-24)18-7-5-8-19(26)15-18/h5,7-8,10-13,15H,4,6,9,14H2,1-3H3,(H,27,28). The number of hydrogen-bond acceptors (Lipinski definition) is 5. The maximum Gasteiger partial charge on any atom is 0.341 e. The van der Waals surface area contributed by atoms with Gasteiger partial charge in [-0.3, -0.25) is 4.79 Å². The van der Waals surface area contributed by atoms with E-state index in [4.69, 9.17) is 21.1 Å². The highest BCUT2D eigenvalue weighted by Gasteiger charge is 2.25. The van der Waals surface area contributed by atoms with Crippen LogP contribution >= 0.6 is 22.9 Å². The molecule has 1 N–H and O–H groups in total. The van der Waals surface area contributed by atoms with Crippen LogP contribution in [0.4, 0.5) is 5.00 Å². The monoisotopic (exact) mass is 471 g/mol. The molecule has 1 heterocycles. The fourth-order valence-corrected chi connectivity index (χ4v) is 4.63. The van der Waals surface area contributed by atoms with Crippen LogP contribution in [-0.2, 0) is 16.0 Å². The molecule has 168 valence electrons. The lowest BCUT2D eigenvalue weighted by molar-refractivity contribution is -0.116. The fourth-order valence-electron chi connectivity index (χ4n) is 3.35. The molecule has 0 atom stereocenters. The summed E-state index contributed by atoms with van der Waals surface area (Å²) in [4.78, 5) is 26.0. The number of amides is 1. The van der Waals surface area contributed by atoms with Crippen LogP contribution in [0.3, 0.4) is 0 Å². The van der Waals surface area contributed by atoms with Gasteiger partial charge in [-0.2, -0.15) is 0 Å². The van der Waals surface area contributed by atoms with E-state index in [-0.39, 0.29) is 12.3 Å². The Labute approximate surface area is 197 Å². The van der Waals surface area contributed by atoms with E-state index in [1.165, 1.54) is 24.0 Å². The molecule has 0 saturated heterocycles. The van der Waals surface area contributed by atoms with E-state index >= 15 is 0 Å². The molecule has 0 fully saturated rings. The van der Waals surface area contributed by atoms with E-state index in [0.29, 0.717) is 28.6 Å². The van der Waals surface area contributed by atoms with Crippen molar-refractivity contribution in [1.29, 1.82) is 0 Å². The van der Waals surface area contributed by atoms with Crippen molar-refractivity contribution >= 4 is 39.8 Å². The molecule has 3 aromatic rings. The van der Waals surface area contributed by atoms with E-state index in [1.807, 2.05) is 43.3 Å². The Hall–Kier alpha value is -2.83. The predicted octanol–water partition coefficient (Wildman–Crippen LogP) is 6.52. The molecule has 0 aliphatic heterocycles. The van der Waals surface area contributed by atoms with E-state index < -0.39 is 5.97 Å². The molecule has 0 aliphatic rings. The number of methoxy groups -OCH3 is 1. The van der Waals surface area contributed by atoms with Gasteiger partial charge in [-0.15, -0.1) is 11.3 Å². The van der Waals surface area contributed by atoms with Crippen LogP contribution in [0, 0.1) is 6.92 Å². The van der Waals surface area contributed by atoms with Crippen LogP contribution in [0.2, 0.25) is 5.02 Å². The Morgan fingerprint density at radius 1 is 1.12 bits per heavy atom. The molecular weight excluding hydrogens is 446 g/mol. The van der Waals surface area contributed by atoms with Gasteiger partial charge >= 0.3 is 5.97 Å². The zero-order valence-corrected chi connectivity index (χ0v) is 19.9. The van der Waals surface area contributed by atoms with E-state index in [2.05, 4.69) is 12.2 Å². The number of esters is 1. The van der Waals surface area contributed by atoms with Crippen molar-refractivity contribution in [3.63, 3.8) is 0 Å². The first-order valence-electron chi connectivity index (χ1n) is 10.4. The third-order valence-corrected chi connectivity index (χ3v) is 6.24. The Bertz CT molecular complexity index is 1090. The molecule has 3 rings (SSSR count). The first-order valence-corrected chi connectivity index (χ1v) is 11.6. The van der Waals surface area contributed by atoms with E-state index in [0.717, 1.165) is 28.2 Å². The van der Waals surface area contributed by atoms with Gasteiger partial charge in [0.25, 0.3) is 0 Å². The topological polar surface area (TPSA) is 64.6 Å². The molecule has 7 heteroatoms. The van der Waals surface area contributed by atoms with Gasteiger partial charge in [0.2, 0.25) is 5.91 Å². The lowest BCUT2D eigenvalue weighted by Gasteiger charge is -2.09. The summed E-state index contributed by atoms with van der Waals surface area (Å²) in [5.74, 6) is 0.105. The number of hydrogen-bond donors (Lipinski definition) is 1. The first-order chi connectivity index (χ1) is 15.4. The molecule has 0 saturated carbocycles. The third-order valence-electron chi connectivity index (χ3n) is 4.99. The second-order valence-corrected chi connectivity index (χ2v) is 8.90. The minimum Gasteiger partial charge on any atom is -0.494 e. The molecule has 1 aromatic heterocycles. The summed E-state index contributed by atoms with van der Waals surface area (Å²) in [6.45, 7) is 4.44. The number of thiophene rings is 1. The van der Waals surface area contributed by atoms with Gasteiger partial charge in [0.05, 0.1) is 13.7 Å². The van der Waals surface area contributed by atoms with Gasteiger partial charge in [0, 0.05) is 21.9 Å². The van der Waals surface area contributed by atoms with Crippen molar-refractivity contribution in [3.05, 3.63) is 69.6 Å². The quantitative estimate of drug-likeness (QED) is 0.285. The molecule has 0 unspecified atom stereocenters. The maximum atomic E-state index is 12.6. The fraction of sp³-hybridized carbons (Fsp3) is 0.280. The molecular formula is C25H26ClNO4S. The number of carbonyl (C=O) groups is 2. The summed E-state index contributed by atoms with van der Waals surface area (Å²) < 4.78 is 10.7. The van der Waals surface area contributed by atoms with Crippen LogP contribution < -0.4 is 10.1 Å². The average Bonchev–Trinajstić information content (AvgIpc) is 3.12. The average molecular weight is 472 g/mol. The molecule has 32 heavy (non-hydrogen) atoms. The van der Waals surface area contributed by atoms with Crippen molar-refractivity contribution < 1.29 is 19.1 Å². The Kier molecular flexibility index (Phi) is 8.31. The summed E-state index contributed by atoms with van der Waals surface area (Å²) in [7, 11) is 1.33. The molecule has 5 nitrogen and oxygen atoms in total. The minimum absolute atomic E-state index is 0.182. The second kappa shape index (κ2) is 11.2. The molecule has 0 spiro atoms. The minimum atomic E-state index is -0.501. The Morgan fingerprint density at radius 3 is 2.53 bits per heavy atom. The summed E-state index contributed by atoms with van der Waals surface area (Å²) in [5.41, 5.74) is 3.12. The van der Waals surface area contributed by atoms with Crippen molar-refractivity contribution in [1.82, 2.24) is 0 Å². The van der Waals surface area contributed by atoms with Gasteiger partial charge in [0.1, 0.15) is 16.3 Å². The van der Waals surface area contributed by atoms with Crippen LogP contribution in [0.15, 0.2) is 48.5 Å². The lowest BCUT2D eigenvalue weighted by atomic mass is 10.0. The molecule has 0 aliphatic carbocycles. The van der Waals surface area contributed by atoms with Crippen molar-refractivity contribution in [2.45, 2.75) is 33.1 Å². The van der Waals surface area contributed by atoms with Gasteiger partial charge in [0.15, 0.2) is 0 Å². The van der Waals surface area contributed by atoms with Gasteiger partial charge in [-0.25, -0.2) is 4.79 Å². The summed E-state index contributed by atoms with van der Waals surface area (Å²) >= 11 is 7.49. The van der Waals surface area contributed by atoms with Crippen LogP contribution in [0.1, 0.15) is 40.6 Å². The van der Waals surface area contributed by atoms with Gasteiger partial charge in [-0.1, -0.05) is 42.8 Å². The summed E-state index contributed by atoms with van der Waals surface area (Å²) in [6.07, 6.45) is 1.81. The van der Waals surface area contributed by atoms with E-state index in [1.54, 1.807) is 12.1 Å². The number of aryl methyl sites for hydroxylation is 2. The van der Waals surface area contributed by atoms with E-state index in [9.17, 15) is 9.59 Å². The highest BCUT2D eigenvalue weighted by atomic mass is 35.5. The molecule has 0 bridgehead atoms. The van der Waals surface area contributed by atoms with Crippen LogP contribution in [0.25, 0.3) is 11.1 Å². The number of carbonyl (C=O) groups excluding carboxylic acids is 2. The Morgan fingerprint density at radius 2 is 1.88 bits per heavy atom. The summed E-state index contributed by atoms with van der Waals surface area (Å²) in [5, 5.41) is 3.92. The van der Waals surface area contributed by atoms with Crippen molar-refractivity contribution in [2.75, 3.05) is 19.0 Å². The van der Waals surface area contributed by atoms with Gasteiger partial charge in [-0.05, 0) is 55.2 Å². The number of ether oxygens (including phenoxy) is 2. The molecule has 1 amide bonds. The molecule has 0 radical (unpaired) electrons. The maximum absolute atomic E-state index is 12.6. The van der Waals surface area contributed by atoms with Crippen molar-refractivity contribution in [2.24, 2.45) is 0 Å². The van der Waals surface area contributed by atoms with Crippen molar-refractivity contribution in [3.8, 4) is 16.9 Å². The van der Waals surface area contributed by atoms with Gasteiger partial charge < -0.3 is 14.8 Å². The number of benzene rings is 2. The highest BCUT2D eigenvalue weighted by molar-refractivity contribution is 7.17. The Balaban J connectivity index is 1.66. The predicted molar refractivity (Wildman–Crippen MR) is 130 cm³/mol. The highest BCUT2D eigenvalue weighted by Crippen LogP contribution is 2.41. The first kappa shape index (κ1) is 23.8. The third kappa shape index (κ3) is 5.90. The number of nitrogens with one attached hydrogen (secondary N) is 1. The summed E-state index contributed by atoms with van der Waals surface area (Å²) in [6, 6.07) is 15.2. The lowest BCUT2D eigenvalue weighted by Crippen LogP contribution is -2.14. The van der Waals surface area contributed by atoms with Crippen LogP contribution in [0.5, 0.6) is 5.75 Å². The largest absolute Gasteiger partial charge is 0.494 e. The number of halogens is 1.